The Bertz CT molecular complexity index is 1410. The number of halogens is 4. The van der Waals surface area contributed by atoms with Gasteiger partial charge in [0.25, 0.3) is 0 Å². The van der Waals surface area contributed by atoms with Crippen LogP contribution in [0.3, 0.4) is 0 Å². The van der Waals surface area contributed by atoms with E-state index in [2.05, 4.69) is 21.3 Å². The fraction of sp³-hybridized carbons (Fsp3) is 0.0714. The second kappa shape index (κ2) is 14.8. The Morgan fingerprint density at radius 1 is 0.525 bits per heavy atom. The minimum absolute atomic E-state index is 0.358. The van der Waals surface area contributed by atoms with Crippen molar-refractivity contribution < 1.29 is 9.59 Å². The van der Waals surface area contributed by atoms with E-state index < -0.39 is 0 Å². The zero-order chi connectivity index (χ0) is 28.5. The van der Waals surface area contributed by atoms with Crippen molar-refractivity contribution in [2.75, 3.05) is 32.8 Å². The maximum absolute atomic E-state index is 12.6. The number of anilines is 4. The Labute approximate surface area is 260 Å². The van der Waals surface area contributed by atoms with E-state index in [9.17, 15) is 9.59 Å². The number of hydrogen-bond acceptors (Lipinski definition) is 4. The molecule has 0 aliphatic heterocycles. The Morgan fingerprint density at radius 2 is 0.925 bits per heavy atom. The van der Waals surface area contributed by atoms with E-state index in [0.29, 0.717) is 42.8 Å². The van der Waals surface area contributed by atoms with Crippen molar-refractivity contribution in [2.24, 2.45) is 0 Å². The number of para-hydroxylation sites is 2. The molecule has 4 aromatic rings. The predicted octanol–water partition coefficient (Wildman–Crippen LogP) is 10.5. The van der Waals surface area contributed by atoms with Crippen LogP contribution in [0.1, 0.15) is 0 Å². The van der Waals surface area contributed by atoms with Crippen molar-refractivity contribution >= 4 is 105 Å². The Morgan fingerprint density at radius 3 is 1.32 bits per heavy atom. The fourth-order valence-electron chi connectivity index (χ4n) is 3.41. The first kappa shape index (κ1) is 30.2. The standard InChI is InChI=1S/C28H22Cl4N4O2S2/c29-19-11-9-17(15-21(19)31)33-27(37)35-23-5-1-3-7-25(23)39-13-14-40-26-8-4-2-6-24(26)36-28(38)34-18-10-12-20(30)22(32)16-18/h1-12,15-16H,13-14H2,(H2,33,35,37)(H2,34,36,38). The van der Waals surface area contributed by atoms with Gasteiger partial charge < -0.3 is 21.3 Å². The maximum Gasteiger partial charge on any atom is 0.323 e. The molecule has 206 valence electrons. The molecule has 0 aliphatic carbocycles. The topological polar surface area (TPSA) is 82.3 Å². The minimum Gasteiger partial charge on any atom is -0.308 e. The van der Waals surface area contributed by atoms with E-state index in [1.165, 1.54) is 0 Å². The molecule has 4 N–H and O–H groups in total. The number of carbonyl (C=O) groups excluding carboxylic acids is 2. The third kappa shape index (κ3) is 8.89. The normalized spacial score (nSPS) is 10.6. The lowest BCUT2D eigenvalue weighted by Crippen LogP contribution is -2.19. The summed E-state index contributed by atoms with van der Waals surface area (Å²) in [6, 6.07) is 24.1. The summed E-state index contributed by atoms with van der Waals surface area (Å²) in [5.41, 5.74) is 2.45. The Kier molecular flexibility index (Phi) is 11.2. The minimum atomic E-state index is -0.389. The molecule has 4 rings (SSSR count). The summed E-state index contributed by atoms with van der Waals surface area (Å²) >= 11 is 27.2. The molecule has 0 unspecified atom stereocenters. The molecule has 0 radical (unpaired) electrons. The van der Waals surface area contributed by atoms with Gasteiger partial charge in [0.05, 0.1) is 31.5 Å². The lowest BCUT2D eigenvalue weighted by molar-refractivity contribution is 0.261. The average Bonchev–Trinajstić information content (AvgIpc) is 2.92. The van der Waals surface area contributed by atoms with Crippen molar-refractivity contribution in [3.63, 3.8) is 0 Å². The van der Waals surface area contributed by atoms with Crippen LogP contribution < -0.4 is 21.3 Å². The molecule has 4 aromatic carbocycles. The molecule has 0 atom stereocenters. The zero-order valence-electron chi connectivity index (χ0n) is 20.6. The molecule has 0 spiro atoms. The van der Waals surface area contributed by atoms with Gasteiger partial charge in [-0.25, -0.2) is 9.59 Å². The second-order valence-electron chi connectivity index (χ2n) is 8.11. The molecule has 0 aliphatic rings. The molecule has 6 nitrogen and oxygen atoms in total. The highest BCUT2D eigenvalue weighted by Crippen LogP contribution is 2.32. The van der Waals surface area contributed by atoms with Gasteiger partial charge in [-0.3, -0.25) is 0 Å². The molecule has 0 saturated carbocycles. The smallest absolute Gasteiger partial charge is 0.308 e. The monoisotopic (exact) mass is 650 g/mol. The molecule has 4 amide bonds. The number of thioether (sulfide) groups is 2. The predicted molar refractivity (Wildman–Crippen MR) is 173 cm³/mol. The van der Waals surface area contributed by atoms with E-state index in [-0.39, 0.29) is 12.1 Å². The van der Waals surface area contributed by atoms with Crippen molar-refractivity contribution in [3.05, 3.63) is 105 Å². The lowest BCUT2D eigenvalue weighted by Gasteiger charge is -2.13. The summed E-state index contributed by atoms with van der Waals surface area (Å²) in [5.74, 6) is 1.53. The fourth-order valence-corrected chi connectivity index (χ4v) is 6.01. The van der Waals surface area contributed by atoms with Gasteiger partial charge in [0, 0.05) is 32.7 Å². The first-order valence-corrected chi connectivity index (χ1v) is 15.3. The highest BCUT2D eigenvalue weighted by Gasteiger charge is 2.11. The number of nitrogens with one attached hydrogen (secondary N) is 4. The highest BCUT2D eigenvalue weighted by molar-refractivity contribution is 8.03. The second-order valence-corrected chi connectivity index (χ2v) is 12.0. The molecule has 0 saturated heterocycles. The number of rotatable bonds is 9. The summed E-state index contributed by atoms with van der Waals surface area (Å²) in [4.78, 5) is 27.0. The molecule has 0 bridgehead atoms. The van der Waals surface area contributed by atoms with Crippen LogP contribution in [0.25, 0.3) is 0 Å². The number of urea groups is 2. The van der Waals surface area contributed by atoms with Crippen molar-refractivity contribution in [2.45, 2.75) is 9.79 Å². The summed E-state index contributed by atoms with van der Waals surface area (Å²) in [6.45, 7) is 0. The van der Waals surface area contributed by atoms with E-state index >= 15 is 0 Å². The number of amides is 4. The van der Waals surface area contributed by atoms with Crippen LogP contribution in [0.5, 0.6) is 0 Å². The summed E-state index contributed by atoms with van der Waals surface area (Å²) in [7, 11) is 0. The molecular formula is C28H22Cl4N4O2S2. The first-order chi connectivity index (χ1) is 19.3. The summed E-state index contributed by atoms with van der Waals surface area (Å²) in [6.07, 6.45) is 0. The molecule has 0 heterocycles. The van der Waals surface area contributed by atoms with Gasteiger partial charge in [-0.15, -0.1) is 23.5 Å². The molecule has 40 heavy (non-hydrogen) atoms. The van der Waals surface area contributed by atoms with Crippen LogP contribution in [-0.2, 0) is 0 Å². The van der Waals surface area contributed by atoms with Crippen LogP contribution in [0.4, 0.5) is 32.3 Å². The van der Waals surface area contributed by atoms with Crippen molar-refractivity contribution in [1.29, 1.82) is 0 Å². The third-order valence-corrected chi connectivity index (χ3v) is 9.11. The van der Waals surface area contributed by atoms with Gasteiger partial charge in [0.15, 0.2) is 0 Å². The third-order valence-electron chi connectivity index (χ3n) is 5.22. The number of benzene rings is 4. The lowest BCUT2D eigenvalue weighted by atomic mass is 10.3. The Hall–Kier alpha value is -2.72. The van der Waals surface area contributed by atoms with E-state index in [4.69, 9.17) is 46.4 Å². The first-order valence-electron chi connectivity index (χ1n) is 11.8. The van der Waals surface area contributed by atoms with Crippen molar-refractivity contribution in [1.82, 2.24) is 0 Å². The van der Waals surface area contributed by atoms with Gasteiger partial charge in [0.2, 0.25) is 0 Å². The maximum atomic E-state index is 12.6. The highest BCUT2D eigenvalue weighted by atomic mass is 35.5. The van der Waals surface area contributed by atoms with Crippen LogP contribution in [-0.4, -0.2) is 23.6 Å². The zero-order valence-corrected chi connectivity index (χ0v) is 25.3. The van der Waals surface area contributed by atoms with Gasteiger partial charge >= 0.3 is 12.1 Å². The van der Waals surface area contributed by atoms with E-state index in [1.807, 2.05) is 48.5 Å². The van der Waals surface area contributed by atoms with Crippen LogP contribution >= 0.6 is 69.9 Å². The van der Waals surface area contributed by atoms with Gasteiger partial charge in [-0.2, -0.15) is 0 Å². The quantitative estimate of drug-likeness (QED) is 0.107. The van der Waals surface area contributed by atoms with E-state index in [1.54, 1.807) is 59.9 Å². The average molecular weight is 652 g/mol. The number of hydrogen-bond donors (Lipinski definition) is 4. The molecule has 0 fully saturated rings. The van der Waals surface area contributed by atoms with Crippen LogP contribution in [0, 0.1) is 0 Å². The van der Waals surface area contributed by atoms with Crippen LogP contribution in [0.2, 0.25) is 20.1 Å². The van der Waals surface area contributed by atoms with Gasteiger partial charge in [-0.05, 0) is 60.7 Å². The van der Waals surface area contributed by atoms with Gasteiger partial charge in [0.1, 0.15) is 0 Å². The molecule has 12 heteroatoms. The van der Waals surface area contributed by atoms with Crippen LogP contribution in [0.15, 0.2) is 94.7 Å². The summed E-state index contributed by atoms with van der Waals surface area (Å²) < 4.78 is 0. The SMILES string of the molecule is O=C(Nc1ccc(Cl)c(Cl)c1)Nc1ccccc1SCCSc1ccccc1NC(=O)Nc1ccc(Cl)c(Cl)c1. The summed E-state index contributed by atoms with van der Waals surface area (Å²) in [5, 5.41) is 12.8. The largest absolute Gasteiger partial charge is 0.323 e. The molecule has 0 aromatic heterocycles. The Balaban J connectivity index is 1.29. The van der Waals surface area contributed by atoms with E-state index in [0.717, 1.165) is 21.3 Å². The molecular weight excluding hydrogens is 630 g/mol. The van der Waals surface area contributed by atoms with Crippen molar-refractivity contribution in [3.8, 4) is 0 Å². The van der Waals surface area contributed by atoms with Gasteiger partial charge in [-0.1, -0.05) is 70.7 Å². The number of carbonyl (C=O) groups is 2.